The number of cyclic esters (lactones) is 1. The largest absolute Gasteiger partial charge is 0.461 e. The van der Waals surface area contributed by atoms with Gasteiger partial charge in [0.05, 0.1) is 6.61 Å². The molecule has 1 heterocycles. The maximum Gasteiger partial charge on any atom is 0.356 e. The van der Waals surface area contributed by atoms with E-state index in [0.29, 0.717) is 12.3 Å². The van der Waals surface area contributed by atoms with Crippen LogP contribution in [0, 0.1) is 5.92 Å². The number of oxime groups is 1. The van der Waals surface area contributed by atoms with Gasteiger partial charge in [-0.2, -0.15) is 0 Å². The molecule has 1 rings (SSSR count). The Hall–Kier alpha value is -1.06. The van der Waals surface area contributed by atoms with Gasteiger partial charge in [-0.05, 0) is 6.42 Å². The quantitative estimate of drug-likeness (QED) is 0.413. The molecule has 1 atom stereocenters. The average molecular weight is 157 g/mol. The Balaban J connectivity index is 2.70. The summed E-state index contributed by atoms with van der Waals surface area (Å²) in [6.07, 6.45) is 0.827. The number of hydrogen-bond donors (Lipinski definition) is 0. The standard InChI is InChI=1S/C7H11NO3/c1-5-3-4-11-7(9)6(5)8-10-2/h5H,3-4H2,1-2H3. The molecule has 4 heteroatoms. The predicted molar refractivity (Wildman–Crippen MR) is 39.2 cm³/mol. The van der Waals surface area contributed by atoms with Crippen LogP contribution in [0.3, 0.4) is 0 Å². The monoisotopic (exact) mass is 157 g/mol. The molecule has 0 amide bonds. The molecule has 1 unspecified atom stereocenters. The second kappa shape index (κ2) is 3.37. The minimum atomic E-state index is -0.356. The Morgan fingerprint density at radius 2 is 2.45 bits per heavy atom. The highest BCUT2D eigenvalue weighted by atomic mass is 16.6. The van der Waals surface area contributed by atoms with Crippen molar-refractivity contribution in [2.45, 2.75) is 13.3 Å². The zero-order valence-electron chi connectivity index (χ0n) is 6.66. The van der Waals surface area contributed by atoms with E-state index in [2.05, 4.69) is 9.99 Å². The third kappa shape index (κ3) is 1.69. The lowest BCUT2D eigenvalue weighted by Crippen LogP contribution is -2.31. The van der Waals surface area contributed by atoms with E-state index in [0.717, 1.165) is 6.42 Å². The molecule has 1 aliphatic rings. The minimum Gasteiger partial charge on any atom is -0.461 e. The molecule has 0 aliphatic carbocycles. The smallest absolute Gasteiger partial charge is 0.356 e. The summed E-state index contributed by atoms with van der Waals surface area (Å²) in [6, 6.07) is 0. The lowest BCUT2D eigenvalue weighted by atomic mass is 10.0. The van der Waals surface area contributed by atoms with Crippen molar-refractivity contribution >= 4 is 11.7 Å². The molecule has 0 radical (unpaired) electrons. The number of rotatable bonds is 1. The van der Waals surface area contributed by atoms with Gasteiger partial charge in [-0.1, -0.05) is 12.1 Å². The summed E-state index contributed by atoms with van der Waals surface area (Å²) in [4.78, 5) is 15.5. The second-order valence-corrected chi connectivity index (χ2v) is 2.48. The molecular formula is C7H11NO3. The molecule has 0 aromatic rings. The Kier molecular flexibility index (Phi) is 2.46. The van der Waals surface area contributed by atoms with E-state index in [1.54, 1.807) is 0 Å². The third-order valence-corrected chi connectivity index (χ3v) is 1.65. The van der Waals surface area contributed by atoms with Crippen LogP contribution < -0.4 is 0 Å². The first-order chi connectivity index (χ1) is 5.25. The highest BCUT2D eigenvalue weighted by Crippen LogP contribution is 2.12. The van der Waals surface area contributed by atoms with Gasteiger partial charge in [-0.25, -0.2) is 4.79 Å². The van der Waals surface area contributed by atoms with Crippen molar-refractivity contribution in [2.75, 3.05) is 13.7 Å². The minimum absolute atomic E-state index is 0.149. The van der Waals surface area contributed by atoms with Crippen LogP contribution in [0.5, 0.6) is 0 Å². The summed E-state index contributed by atoms with van der Waals surface area (Å²) < 4.78 is 4.76. The molecule has 1 aliphatic heterocycles. The summed E-state index contributed by atoms with van der Waals surface area (Å²) in [7, 11) is 1.42. The van der Waals surface area contributed by atoms with Gasteiger partial charge in [-0.3, -0.25) is 0 Å². The molecule has 0 aromatic carbocycles. The van der Waals surface area contributed by atoms with Crippen molar-refractivity contribution in [1.29, 1.82) is 0 Å². The molecule has 0 N–H and O–H groups in total. The number of nitrogens with zero attached hydrogens (tertiary/aromatic N) is 1. The Morgan fingerprint density at radius 3 is 3.00 bits per heavy atom. The lowest BCUT2D eigenvalue weighted by molar-refractivity contribution is -0.138. The Bertz CT molecular complexity index is 188. The summed E-state index contributed by atoms with van der Waals surface area (Å²) >= 11 is 0. The van der Waals surface area contributed by atoms with Crippen LogP contribution in [0.25, 0.3) is 0 Å². The Labute approximate surface area is 65.2 Å². The van der Waals surface area contributed by atoms with Crippen LogP contribution in [0.1, 0.15) is 13.3 Å². The summed E-state index contributed by atoms with van der Waals surface area (Å²) in [5.41, 5.74) is 0.388. The predicted octanol–water partition coefficient (Wildman–Crippen LogP) is 0.572. The van der Waals surface area contributed by atoms with E-state index in [1.807, 2.05) is 6.92 Å². The number of esters is 1. The fraction of sp³-hybridized carbons (Fsp3) is 0.714. The van der Waals surface area contributed by atoms with Crippen LogP contribution in [0.2, 0.25) is 0 Å². The number of hydrogen-bond acceptors (Lipinski definition) is 4. The maximum atomic E-state index is 11.0. The molecule has 0 saturated carbocycles. The van der Waals surface area contributed by atoms with E-state index in [9.17, 15) is 4.79 Å². The van der Waals surface area contributed by atoms with Gasteiger partial charge in [0.1, 0.15) is 7.11 Å². The van der Waals surface area contributed by atoms with Gasteiger partial charge in [0.25, 0.3) is 0 Å². The molecule has 0 aromatic heterocycles. The van der Waals surface area contributed by atoms with Gasteiger partial charge in [0.15, 0.2) is 5.71 Å². The fourth-order valence-electron chi connectivity index (χ4n) is 0.966. The van der Waals surface area contributed by atoms with Crippen molar-refractivity contribution in [1.82, 2.24) is 0 Å². The van der Waals surface area contributed by atoms with Crippen LogP contribution >= 0.6 is 0 Å². The summed E-state index contributed by atoms with van der Waals surface area (Å²) in [5.74, 6) is -0.207. The lowest BCUT2D eigenvalue weighted by Gasteiger charge is -2.18. The van der Waals surface area contributed by atoms with E-state index in [1.165, 1.54) is 7.11 Å². The summed E-state index contributed by atoms with van der Waals surface area (Å²) in [6.45, 7) is 2.42. The number of carbonyl (C=O) groups excluding carboxylic acids is 1. The van der Waals surface area contributed by atoms with E-state index >= 15 is 0 Å². The summed E-state index contributed by atoms with van der Waals surface area (Å²) in [5, 5.41) is 3.59. The van der Waals surface area contributed by atoms with E-state index in [4.69, 9.17) is 4.74 Å². The SMILES string of the molecule is CON=C1C(=O)OCCC1C. The normalized spacial score (nSPS) is 28.4. The van der Waals surface area contributed by atoms with Crippen LogP contribution in [0.15, 0.2) is 5.16 Å². The first-order valence-corrected chi connectivity index (χ1v) is 3.54. The molecule has 1 saturated heterocycles. The first kappa shape index (κ1) is 8.04. The second-order valence-electron chi connectivity index (χ2n) is 2.48. The molecule has 4 nitrogen and oxygen atoms in total. The van der Waals surface area contributed by atoms with Gasteiger partial charge in [0.2, 0.25) is 0 Å². The van der Waals surface area contributed by atoms with Gasteiger partial charge < -0.3 is 9.57 Å². The first-order valence-electron chi connectivity index (χ1n) is 3.54. The topological polar surface area (TPSA) is 47.9 Å². The molecule has 0 bridgehead atoms. The number of carbonyl (C=O) groups is 1. The van der Waals surface area contributed by atoms with Gasteiger partial charge in [-0.15, -0.1) is 0 Å². The average Bonchev–Trinajstić information content (AvgIpc) is 1.97. The van der Waals surface area contributed by atoms with Crippen LogP contribution in [-0.2, 0) is 14.4 Å². The molecule has 62 valence electrons. The van der Waals surface area contributed by atoms with Gasteiger partial charge in [0, 0.05) is 5.92 Å². The van der Waals surface area contributed by atoms with E-state index in [-0.39, 0.29) is 11.9 Å². The molecule has 0 spiro atoms. The zero-order chi connectivity index (χ0) is 8.27. The number of ether oxygens (including phenoxy) is 1. The van der Waals surface area contributed by atoms with Crippen LogP contribution in [0.4, 0.5) is 0 Å². The highest BCUT2D eigenvalue weighted by molar-refractivity contribution is 6.37. The molecule has 1 fully saturated rings. The zero-order valence-corrected chi connectivity index (χ0v) is 6.66. The Morgan fingerprint density at radius 1 is 1.73 bits per heavy atom. The van der Waals surface area contributed by atoms with Crippen molar-refractivity contribution < 1.29 is 14.4 Å². The molecule has 11 heavy (non-hydrogen) atoms. The third-order valence-electron chi connectivity index (χ3n) is 1.65. The van der Waals surface area contributed by atoms with Crippen molar-refractivity contribution in [2.24, 2.45) is 11.1 Å². The fourth-order valence-corrected chi connectivity index (χ4v) is 0.966. The van der Waals surface area contributed by atoms with Crippen molar-refractivity contribution in [3.05, 3.63) is 0 Å². The molecular weight excluding hydrogens is 146 g/mol. The van der Waals surface area contributed by atoms with E-state index < -0.39 is 0 Å². The van der Waals surface area contributed by atoms with Crippen molar-refractivity contribution in [3.63, 3.8) is 0 Å². The highest BCUT2D eigenvalue weighted by Gasteiger charge is 2.26. The van der Waals surface area contributed by atoms with Gasteiger partial charge >= 0.3 is 5.97 Å². The maximum absolute atomic E-state index is 11.0. The van der Waals surface area contributed by atoms with Crippen molar-refractivity contribution in [3.8, 4) is 0 Å². The van der Waals surface area contributed by atoms with Crippen LogP contribution in [-0.4, -0.2) is 25.4 Å².